The van der Waals surface area contributed by atoms with Crippen molar-refractivity contribution in [2.75, 3.05) is 47.5 Å². The summed E-state index contributed by atoms with van der Waals surface area (Å²) in [4.78, 5) is 37.2. The second-order valence-corrected chi connectivity index (χ2v) is 18.8. The molecular formula is C59H99NO8. The minimum absolute atomic E-state index is 0.135. The van der Waals surface area contributed by atoms with Gasteiger partial charge in [-0.25, -0.2) is 0 Å². The Morgan fingerprint density at radius 2 is 0.838 bits per heavy atom. The molecule has 388 valence electrons. The third kappa shape index (κ3) is 50.1. The van der Waals surface area contributed by atoms with Crippen molar-refractivity contribution >= 4 is 17.9 Å². The number of carboxylic acid groups (broad SMARTS) is 1. The molecular weight excluding hydrogens is 851 g/mol. The molecule has 0 aromatic heterocycles. The Balaban J connectivity index is 4.42. The van der Waals surface area contributed by atoms with Gasteiger partial charge in [-0.05, 0) is 77.0 Å². The van der Waals surface area contributed by atoms with E-state index in [4.69, 9.17) is 18.9 Å². The van der Waals surface area contributed by atoms with Gasteiger partial charge in [0, 0.05) is 12.8 Å². The molecule has 0 heterocycles. The zero-order valence-corrected chi connectivity index (χ0v) is 43.9. The van der Waals surface area contributed by atoms with E-state index in [0.717, 1.165) is 83.5 Å². The van der Waals surface area contributed by atoms with Gasteiger partial charge in [0.05, 0.1) is 40.3 Å². The molecule has 0 aliphatic carbocycles. The van der Waals surface area contributed by atoms with Crippen LogP contribution in [0.4, 0.5) is 0 Å². The average Bonchev–Trinajstić information content (AvgIpc) is 3.30. The van der Waals surface area contributed by atoms with Crippen molar-refractivity contribution < 1.29 is 42.9 Å². The van der Waals surface area contributed by atoms with E-state index in [-0.39, 0.29) is 38.6 Å². The molecule has 0 saturated heterocycles. The summed E-state index contributed by atoms with van der Waals surface area (Å²) in [6.07, 6.45) is 63.0. The summed E-state index contributed by atoms with van der Waals surface area (Å²) in [5.41, 5.74) is 0. The van der Waals surface area contributed by atoms with E-state index in [1.165, 1.54) is 83.5 Å². The summed E-state index contributed by atoms with van der Waals surface area (Å²) < 4.78 is 22.6. The Kier molecular flexibility index (Phi) is 46.9. The van der Waals surface area contributed by atoms with E-state index in [1.54, 1.807) is 0 Å². The molecule has 0 amide bonds. The van der Waals surface area contributed by atoms with Gasteiger partial charge < -0.3 is 33.3 Å². The molecule has 0 aromatic rings. The van der Waals surface area contributed by atoms with Gasteiger partial charge in [0.15, 0.2) is 12.4 Å². The van der Waals surface area contributed by atoms with Gasteiger partial charge in [0.25, 0.3) is 0 Å². The maximum atomic E-state index is 12.8. The predicted octanol–water partition coefficient (Wildman–Crippen LogP) is 14.1. The SMILES string of the molecule is CC/C=C\C/C=C\C/C=C\C/C=C\C/C=C\C/C=C\C/C=C\C/C=C\CCCCC(=O)OC(COC(=O)CCCCCCCCCCCCCCCCCC)COC(OCC[N+](C)(C)C)C(=O)[O-]. The highest BCUT2D eigenvalue weighted by molar-refractivity contribution is 5.70. The van der Waals surface area contributed by atoms with Gasteiger partial charge in [-0.15, -0.1) is 0 Å². The standard InChI is InChI=1S/C59H99NO8/c1-6-8-10-12-14-16-18-20-22-24-25-26-27-28-29-30-31-32-33-34-36-38-40-42-44-46-48-50-57(62)68-55(54-67-59(58(63)64)65-52-51-60(3,4)5)53-66-56(61)49-47-45-43-41-39-37-35-23-21-19-17-15-13-11-9-7-2/h8,10,14,16,20,22,25-26,28-29,31-32,34,36,40,42,55,59H,6-7,9,11-13,15,17-19,21,23-24,27,30,33,35,37-39,41,43-54H2,1-5H3/b10-8-,16-14-,22-20-,26-25-,29-28-,32-31-,36-34-,42-40-. The van der Waals surface area contributed by atoms with Gasteiger partial charge in [-0.1, -0.05) is 207 Å². The summed E-state index contributed by atoms with van der Waals surface area (Å²) in [6, 6.07) is 0. The van der Waals surface area contributed by atoms with E-state index in [9.17, 15) is 19.5 Å². The highest BCUT2D eigenvalue weighted by Gasteiger charge is 2.21. The number of rotatable bonds is 48. The molecule has 0 spiro atoms. The number of allylic oxidation sites excluding steroid dienone is 16. The maximum Gasteiger partial charge on any atom is 0.306 e. The number of aliphatic carboxylic acids is 1. The molecule has 0 aromatic carbocycles. The van der Waals surface area contributed by atoms with Crippen LogP contribution < -0.4 is 5.11 Å². The number of carbonyl (C=O) groups is 3. The minimum atomic E-state index is -1.64. The van der Waals surface area contributed by atoms with Crippen LogP contribution >= 0.6 is 0 Å². The first-order valence-corrected chi connectivity index (χ1v) is 26.9. The number of esters is 2. The number of quaternary nitrogens is 1. The monoisotopic (exact) mass is 950 g/mol. The largest absolute Gasteiger partial charge is 0.545 e. The first-order valence-electron chi connectivity index (χ1n) is 26.9. The van der Waals surface area contributed by atoms with E-state index in [1.807, 2.05) is 21.1 Å². The Morgan fingerprint density at radius 3 is 1.25 bits per heavy atom. The highest BCUT2D eigenvalue weighted by atomic mass is 16.7. The molecule has 0 saturated carbocycles. The van der Waals surface area contributed by atoms with Crippen LogP contribution in [-0.4, -0.2) is 82.3 Å². The van der Waals surface area contributed by atoms with Crippen molar-refractivity contribution in [1.82, 2.24) is 0 Å². The average molecular weight is 950 g/mol. The zero-order valence-electron chi connectivity index (χ0n) is 43.9. The molecule has 0 aliphatic heterocycles. The van der Waals surface area contributed by atoms with Crippen LogP contribution in [0.2, 0.25) is 0 Å². The number of likely N-dealkylation sites (N-methyl/N-ethyl adjacent to an activating group) is 1. The van der Waals surface area contributed by atoms with Gasteiger partial charge in [0.1, 0.15) is 13.2 Å². The Bertz CT molecular complexity index is 1430. The van der Waals surface area contributed by atoms with Gasteiger partial charge >= 0.3 is 11.9 Å². The summed E-state index contributed by atoms with van der Waals surface area (Å²) in [6.45, 7) is 4.57. The number of ether oxygens (including phenoxy) is 4. The fourth-order valence-corrected chi connectivity index (χ4v) is 6.96. The lowest BCUT2D eigenvalue weighted by Gasteiger charge is -2.26. The number of carbonyl (C=O) groups excluding carboxylic acids is 3. The molecule has 9 heteroatoms. The molecule has 0 aliphatic rings. The van der Waals surface area contributed by atoms with Gasteiger partial charge in [-0.2, -0.15) is 0 Å². The first kappa shape index (κ1) is 64.2. The second-order valence-electron chi connectivity index (χ2n) is 18.8. The molecule has 0 N–H and O–H groups in total. The fourth-order valence-electron chi connectivity index (χ4n) is 6.96. The summed E-state index contributed by atoms with van der Waals surface area (Å²) in [5, 5.41) is 11.7. The third-order valence-corrected chi connectivity index (χ3v) is 11.1. The molecule has 2 unspecified atom stereocenters. The van der Waals surface area contributed by atoms with Crippen LogP contribution in [0.1, 0.15) is 200 Å². The van der Waals surface area contributed by atoms with E-state index < -0.39 is 24.3 Å². The summed E-state index contributed by atoms with van der Waals surface area (Å²) in [5.74, 6) is -2.35. The normalized spacial score (nSPS) is 13.6. The lowest BCUT2D eigenvalue weighted by atomic mass is 10.0. The van der Waals surface area contributed by atoms with Crippen molar-refractivity contribution in [3.8, 4) is 0 Å². The van der Waals surface area contributed by atoms with Crippen LogP contribution in [0.25, 0.3) is 0 Å². The Labute approximate surface area is 416 Å². The quantitative estimate of drug-likeness (QED) is 0.0195. The van der Waals surface area contributed by atoms with Crippen molar-refractivity contribution in [2.45, 2.75) is 212 Å². The van der Waals surface area contributed by atoms with Crippen molar-refractivity contribution in [3.63, 3.8) is 0 Å². The van der Waals surface area contributed by atoms with Crippen molar-refractivity contribution in [1.29, 1.82) is 0 Å². The van der Waals surface area contributed by atoms with Crippen molar-refractivity contribution in [3.05, 3.63) is 97.2 Å². The summed E-state index contributed by atoms with van der Waals surface area (Å²) in [7, 11) is 5.89. The van der Waals surface area contributed by atoms with Crippen LogP contribution in [0.3, 0.4) is 0 Å². The number of unbranched alkanes of at least 4 members (excludes halogenated alkanes) is 17. The second kappa shape index (κ2) is 49.6. The number of carboxylic acids is 1. The van der Waals surface area contributed by atoms with Gasteiger partial charge in [0.2, 0.25) is 0 Å². The van der Waals surface area contributed by atoms with E-state index >= 15 is 0 Å². The first-order chi connectivity index (χ1) is 33.1. The lowest BCUT2D eigenvalue weighted by Crippen LogP contribution is -2.44. The number of hydrogen-bond acceptors (Lipinski definition) is 8. The fraction of sp³-hybridized carbons (Fsp3) is 0.678. The van der Waals surface area contributed by atoms with Crippen LogP contribution in [0.15, 0.2) is 97.2 Å². The zero-order chi connectivity index (χ0) is 49.9. The predicted molar refractivity (Wildman–Crippen MR) is 283 cm³/mol. The van der Waals surface area contributed by atoms with Crippen LogP contribution in [0.5, 0.6) is 0 Å². The molecule has 0 radical (unpaired) electrons. The molecule has 68 heavy (non-hydrogen) atoms. The van der Waals surface area contributed by atoms with Crippen LogP contribution in [0, 0.1) is 0 Å². The Morgan fingerprint density at radius 1 is 0.456 bits per heavy atom. The lowest BCUT2D eigenvalue weighted by molar-refractivity contribution is -0.870. The third-order valence-electron chi connectivity index (χ3n) is 11.1. The highest BCUT2D eigenvalue weighted by Crippen LogP contribution is 2.15. The van der Waals surface area contributed by atoms with Crippen LogP contribution in [-0.2, 0) is 33.3 Å². The van der Waals surface area contributed by atoms with E-state index in [0.29, 0.717) is 17.4 Å². The summed E-state index contributed by atoms with van der Waals surface area (Å²) >= 11 is 0. The number of hydrogen-bond donors (Lipinski definition) is 0. The Hall–Kier alpha value is -3.79. The topological polar surface area (TPSA) is 111 Å². The van der Waals surface area contributed by atoms with E-state index in [2.05, 4.69) is 111 Å². The molecule has 0 bridgehead atoms. The molecule has 0 rings (SSSR count). The smallest absolute Gasteiger partial charge is 0.306 e. The maximum absolute atomic E-state index is 12.8. The van der Waals surface area contributed by atoms with Gasteiger partial charge in [-0.3, -0.25) is 9.59 Å². The molecule has 0 fully saturated rings. The number of nitrogens with zero attached hydrogens (tertiary/aromatic N) is 1. The van der Waals surface area contributed by atoms with Crippen molar-refractivity contribution in [2.24, 2.45) is 0 Å². The minimum Gasteiger partial charge on any atom is -0.545 e. The molecule has 2 atom stereocenters. The molecule has 9 nitrogen and oxygen atoms in total.